The quantitative estimate of drug-likeness (QED) is 0.159. The fraction of sp³-hybridized carbons (Fsp3) is 0.278. The molecule has 2 unspecified atom stereocenters. The van der Waals surface area contributed by atoms with Crippen LogP contribution in [-0.4, -0.2) is 50.2 Å². The van der Waals surface area contributed by atoms with E-state index in [1.54, 1.807) is 37.3 Å². The van der Waals surface area contributed by atoms with Gasteiger partial charge in [-0.2, -0.15) is 26.0 Å². The Kier molecular flexibility index (Phi) is 7.72. The van der Waals surface area contributed by atoms with Crippen LogP contribution in [0.1, 0.15) is 6.92 Å². The first kappa shape index (κ1) is 26.9. The van der Waals surface area contributed by atoms with Crippen molar-refractivity contribution < 1.29 is 52.7 Å². The fourth-order valence-corrected chi connectivity index (χ4v) is 6.41. The number of hydrogen-bond donors (Lipinski definition) is 0. The first-order valence-corrected chi connectivity index (χ1v) is 12.8. The van der Waals surface area contributed by atoms with Gasteiger partial charge in [0.1, 0.15) is 5.75 Å². The Labute approximate surface area is 189 Å². The minimum atomic E-state index is -7.04. The van der Waals surface area contributed by atoms with Gasteiger partial charge in [-0.1, -0.05) is 18.2 Å². The highest BCUT2D eigenvalue weighted by Crippen LogP contribution is 2.43. The van der Waals surface area contributed by atoms with Gasteiger partial charge in [0.2, 0.25) is 5.25 Å². The van der Waals surface area contributed by atoms with Gasteiger partial charge in [-0.3, -0.25) is 0 Å². The monoisotopic (exact) mass is 532 g/mol. The molecule has 0 aromatic heterocycles. The Bertz CT molecular complexity index is 1200. The molecule has 2 aromatic carbocycles. The third-order valence-corrected chi connectivity index (χ3v) is 8.90. The Morgan fingerprint density at radius 2 is 1.39 bits per heavy atom. The van der Waals surface area contributed by atoms with Crippen molar-refractivity contribution in [2.45, 2.75) is 32.5 Å². The van der Waals surface area contributed by atoms with E-state index in [4.69, 9.17) is 4.74 Å². The predicted molar refractivity (Wildman–Crippen MR) is 107 cm³/mol. The van der Waals surface area contributed by atoms with Gasteiger partial charge in [-0.15, -0.1) is 0 Å². The summed E-state index contributed by atoms with van der Waals surface area (Å²) in [6.45, 7) is 1.57. The van der Waals surface area contributed by atoms with E-state index in [9.17, 15) is 43.7 Å². The normalized spacial score (nSPS) is 14.9. The molecule has 0 amide bonds. The molecular formula is C18H16F4O8S3. The molecule has 2 atom stereocenters. The second-order valence-electron chi connectivity index (χ2n) is 6.31. The average molecular weight is 533 g/mol. The van der Waals surface area contributed by atoms with Crippen LogP contribution in [0.5, 0.6) is 5.75 Å². The maximum atomic E-state index is 13.7. The number of alkyl halides is 4. The van der Waals surface area contributed by atoms with E-state index in [2.05, 4.69) is 4.18 Å². The van der Waals surface area contributed by atoms with Crippen LogP contribution in [0.2, 0.25) is 0 Å². The zero-order valence-corrected chi connectivity index (χ0v) is 19.2. The van der Waals surface area contributed by atoms with Crippen LogP contribution >= 0.6 is 0 Å². The standard InChI is InChI=1S/C18H16F4O8S3/c1-12(16(23)29-2)31(14-6-4-3-5-7-14)15-10-8-13(9-11-15)30-33(27,28)18(21,22)17(19,20)32(24,25)26/h3-12H,1-2H3. The number of benzene rings is 2. The molecule has 0 heterocycles. The van der Waals surface area contributed by atoms with Crippen molar-refractivity contribution in [1.29, 1.82) is 0 Å². The lowest BCUT2D eigenvalue weighted by Gasteiger charge is -2.27. The summed E-state index contributed by atoms with van der Waals surface area (Å²) >= 11 is 0. The van der Waals surface area contributed by atoms with E-state index in [-0.39, 0.29) is 0 Å². The highest BCUT2D eigenvalue weighted by Gasteiger charge is 2.71. The molecule has 0 bridgehead atoms. The summed E-state index contributed by atoms with van der Waals surface area (Å²) in [5.41, 5.74) is 0. The highest BCUT2D eigenvalue weighted by molar-refractivity contribution is 7.98. The molecule has 0 aliphatic carbocycles. The number of methoxy groups -OCH3 is 1. The van der Waals surface area contributed by atoms with Crippen LogP contribution in [-0.2, 0) is 40.7 Å². The Morgan fingerprint density at radius 1 is 0.909 bits per heavy atom. The number of rotatable bonds is 9. The number of carbonyl (C=O) groups excluding carboxylic acids is 1. The van der Waals surface area contributed by atoms with E-state index in [1.165, 1.54) is 19.2 Å². The Morgan fingerprint density at radius 3 is 1.85 bits per heavy atom. The summed E-state index contributed by atoms with van der Waals surface area (Å²) in [7, 11) is -13.4. The number of hydrogen-bond acceptors (Lipinski definition) is 8. The molecule has 8 nitrogen and oxygen atoms in total. The van der Waals surface area contributed by atoms with Gasteiger partial charge >= 0.3 is 26.6 Å². The molecule has 0 radical (unpaired) electrons. The largest absolute Gasteiger partial charge is 0.743 e. The van der Waals surface area contributed by atoms with E-state index < -0.39 is 58.6 Å². The Hall–Kier alpha value is -2.36. The molecule has 0 saturated heterocycles. The van der Waals surface area contributed by atoms with E-state index >= 15 is 0 Å². The molecule has 0 aliphatic heterocycles. The third kappa shape index (κ3) is 5.26. The van der Waals surface area contributed by atoms with Crippen LogP contribution < -0.4 is 4.18 Å². The van der Waals surface area contributed by atoms with Crippen molar-refractivity contribution in [3.8, 4) is 5.75 Å². The van der Waals surface area contributed by atoms with Crippen molar-refractivity contribution >= 4 is 37.1 Å². The van der Waals surface area contributed by atoms with Gasteiger partial charge in [0.15, 0.2) is 19.9 Å². The van der Waals surface area contributed by atoms with E-state index in [0.29, 0.717) is 9.79 Å². The van der Waals surface area contributed by atoms with Crippen molar-refractivity contribution in [1.82, 2.24) is 0 Å². The lowest BCUT2D eigenvalue weighted by atomic mass is 10.3. The van der Waals surface area contributed by atoms with E-state index in [1.807, 2.05) is 0 Å². The Balaban J connectivity index is 2.41. The molecule has 15 heteroatoms. The summed E-state index contributed by atoms with van der Waals surface area (Å²) in [5, 5.41) is -13.6. The summed E-state index contributed by atoms with van der Waals surface area (Å²) in [6.07, 6.45) is 0. The van der Waals surface area contributed by atoms with Crippen molar-refractivity contribution in [2.75, 3.05) is 7.11 Å². The number of esters is 1. The smallest absolute Gasteiger partial charge is 0.457 e. The number of ether oxygens (including phenoxy) is 1. The van der Waals surface area contributed by atoms with Crippen LogP contribution in [0.4, 0.5) is 17.6 Å². The van der Waals surface area contributed by atoms with Gasteiger partial charge in [-0.05, 0) is 43.3 Å². The summed E-state index contributed by atoms with van der Waals surface area (Å²) in [4.78, 5) is 13.2. The van der Waals surface area contributed by atoms with Crippen LogP contribution in [0.3, 0.4) is 0 Å². The molecule has 0 spiro atoms. The molecule has 0 N–H and O–H groups in total. The van der Waals surface area contributed by atoms with Crippen molar-refractivity contribution in [3.63, 3.8) is 0 Å². The SMILES string of the molecule is COC(=O)C(C)[S+](c1ccccc1)c1ccc(OS(=O)(=O)C(F)(F)C(F)(F)S(=O)(=O)[O-])cc1. The zero-order valence-electron chi connectivity index (χ0n) is 16.8. The van der Waals surface area contributed by atoms with Crippen LogP contribution in [0.15, 0.2) is 64.4 Å². The highest BCUT2D eigenvalue weighted by atomic mass is 32.2. The number of halogens is 4. The summed E-state index contributed by atoms with van der Waals surface area (Å²) < 4.78 is 118. The number of carbonyl (C=O) groups is 1. The van der Waals surface area contributed by atoms with Gasteiger partial charge in [0.25, 0.3) is 0 Å². The van der Waals surface area contributed by atoms with Gasteiger partial charge in [-0.25, -0.2) is 13.2 Å². The van der Waals surface area contributed by atoms with Crippen molar-refractivity contribution in [3.05, 3.63) is 54.6 Å². The maximum Gasteiger partial charge on any atom is 0.457 e. The van der Waals surface area contributed by atoms with E-state index in [0.717, 1.165) is 12.1 Å². The second-order valence-corrected chi connectivity index (χ2v) is 11.6. The average Bonchev–Trinajstić information content (AvgIpc) is 2.74. The summed E-state index contributed by atoms with van der Waals surface area (Å²) in [6, 6.07) is 12.7. The molecule has 0 saturated carbocycles. The first-order valence-electron chi connectivity index (χ1n) is 8.68. The predicted octanol–water partition coefficient (Wildman–Crippen LogP) is 2.72. The second kappa shape index (κ2) is 9.48. The molecule has 0 aliphatic rings. The zero-order chi connectivity index (χ0) is 25.2. The summed E-state index contributed by atoms with van der Waals surface area (Å²) in [5.74, 6) is -1.43. The first-order chi connectivity index (χ1) is 15.1. The molecule has 2 aromatic rings. The lowest BCUT2D eigenvalue weighted by molar-refractivity contribution is -0.139. The minimum Gasteiger partial charge on any atom is -0.743 e. The third-order valence-electron chi connectivity index (χ3n) is 4.13. The van der Waals surface area contributed by atoms with Crippen molar-refractivity contribution in [2.24, 2.45) is 0 Å². The fourth-order valence-electron chi connectivity index (χ4n) is 2.49. The maximum absolute atomic E-state index is 13.7. The molecule has 2 rings (SSSR count). The molecule has 33 heavy (non-hydrogen) atoms. The van der Waals surface area contributed by atoms with Crippen LogP contribution in [0.25, 0.3) is 0 Å². The molecule has 0 fully saturated rings. The minimum absolute atomic E-state index is 0.420. The lowest BCUT2D eigenvalue weighted by Crippen LogP contribution is -2.53. The van der Waals surface area contributed by atoms with Crippen LogP contribution in [0, 0.1) is 0 Å². The van der Waals surface area contributed by atoms with Gasteiger partial charge < -0.3 is 13.5 Å². The topological polar surface area (TPSA) is 127 Å². The molecular weight excluding hydrogens is 516 g/mol. The molecule has 182 valence electrons. The van der Waals surface area contributed by atoms with Gasteiger partial charge in [0.05, 0.1) is 18.0 Å². The van der Waals surface area contributed by atoms with Gasteiger partial charge in [0, 0.05) is 0 Å².